The van der Waals surface area contributed by atoms with Gasteiger partial charge in [0, 0.05) is 11.1 Å². The van der Waals surface area contributed by atoms with E-state index < -0.39 is 0 Å². The fourth-order valence-corrected chi connectivity index (χ4v) is 2.02. The zero-order chi connectivity index (χ0) is 14.7. The summed E-state index contributed by atoms with van der Waals surface area (Å²) in [6, 6.07) is 10.2. The zero-order valence-corrected chi connectivity index (χ0v) is 11.3. The van der Waals surface area contributed by atoms with E-state index in [0.29, 0.717) is 28.1 Å². The third-order valence-corrected chi connectivity index (χ3v) is 3.26. The summed E-state index contributed by atoms with van der Waals surface area (Å²) >= 11 is 0. The summed E-state index contributed by atoms with van der Waals surface area (Å²) in [6.45, 7) is 17.8. The second-order valence-corrected chi connectivity index (χ2v) is 4.50. The maximum absolute atomic E-state index is 12.5. The van der Waals surface area contributed by atoms with Gasteiger partial charge in [-0.3, -0.25) is 4.79 Å². The highest BCUT2D eigenvalue weighted by Gasteiger charge is 2.14. The van der Waals surface area contributed by atoms with Crippen LogP contribution in [-0.2, 0) is 0 Å². The SMILES string of the molecule is [C-]#[N+]c1cc(C(=O)c2cccc([N+]#[C-])c2C)ccc1C. The summed E-state index contributed by atoms with van der Waals surface area (Å²) in [4.78, 5) is 19.3. The fourth-order valence-electron chi connectivity index (χ4n) is 2.02. The Kier molecular flexibility index (Phi) is 3.64. The van der Waals surface area contributed by atoms with Crippen molar-refractivity contribution in [1.82, 2.24) is 0 Å². The van der Waals surface area contributed by atoms with Crippen molar-refractivity contribution in [2.24, 2.45) is 0 Å². The summed E-state index contributed by atoms with van der Waals surface area (Å²) < 4.78 is 0. The quantitative estimate of drug-likeness (QED) is 0.570. The average Bonchev–Trinajstić information content (AvgIpc) is 2.47. The Labute approximate surface area is 118 Å². The van der Waals surface area contributed by atoms with Crippen molar-refractivity contribution < 1.29 is 4.79 Å². The van der Waals surface area contributed by atoms with E-state index in [2.05, 4.69) is 9.69 Å². The molecular formula is C17H12N2O. The van der Waals surface area contributed by atoms with Crippen molar-refractivity contribution in [3.05, 3.63) is 81.5 Å². The van der Waals surface area contributed by atoms with Crippen molar-refractivity contribution >= 4 is 17.2 Å². The van der Waals surface area contributed by atoms with Gasteiger partial charge in [0.25, 0.3) is 0 Å². The zero-order valence-electron chi connectivity index (χ0n) is 11.3. The molecule has 0 heterocycles. The van der Waals surface area contributed by atoms with Crippen LogP contribution in [0.2, 0.25) is 0 Å². The molecule has 0 aliphatic heterocycles. The van der Waals surface area contributed by atoms with E-state index >= 15 is 0 Å². The standard InChI is InChI=1S/C17H12N2O/c1-11-8-9-13(10-16(11)19-4)17(20)14-6-5-7-15(18-3)12(14)2/h5-10H,1-2H3. The van der Waals surface area contributed by atoms with E-state index in [1.165, 1.54) is 0 Å². The number of hydrogen-bond donors (Lipinski definition) is 0. The number of carbonyl (C=O) groups is 1. The lowest BCUT2D eigenvalue weighted by Gasteiger charge is -2.08. The molecule has 2 rings (SSSR count). The number of rotatable bonds is 2. The molecule has 0 saturated carbocycles. The van der Waals surface area contributed by atoms with Crippen LogP contribution in [0, 0.1) is 27.0 Å². The van der Waals surface area contributed by atoms with Gasteiger partial charge in [-0.1, -0.05) is 30.3 Å². The number of hydrogen-bond acceptors (Lipinski definition) is 1. The van der Waals surface area contributed by atoms with Crippen LogP contribution < -0.4 is 0 Å². The maximum atomic E-state index is 12.5. The summed E-state index contributed by atoms with van der Waals surface area (Å²) in [5.74, 6) is -0.155. The van der Waals surface area contributed by atoms with Crippen molar-refractivity contribution in [1.29, 1.82) is 0 Å². The van der Waals surface area contributed by atoms with Gasteiger partial charge in [0.1, 0.15) is 0 Å². The Hall–Kier alpha value is -2.91. The van der Waals surface area contributed by atoms with Crippen LogP contribution in [-0.4, -0.2) is 5.78 Å². The topological polar surface area (TPSA) is 25.8 Å². The predicted octanol–water partition coefficient (Wildman–Crippen LogP) is 4.64. The maximum Gasteiger partial charge on any atom is 0.190 e. The molecule has 0 fully saturated rings. The number of nitrogens with zero attached hydrogens (tertiary/aromatic N) is 2. The molecule has 0 spiro atoms. The summed E-state index contributed by atoms with van der Waals surface area (Å²) in [7, 11) is 0. The monoisotopic (exact) mass is 260 g/mol. The molecule has 2 aromatic rings. The van der Waals surface area contributed by atoms with Gasteiger partial charge in [-0.25, -0.2) is 9.69 Å². The molecule has 0 unspecified atom stereocenters. The van der Waals surface area contributed by atoms with Gasteiger partial charge < -0.3 is 0 Å². The predicted molar refractivity (Wildman–Crippen MR) is 78.3 cm³/mol. The van der Waals surface area contributed by atoms with Crippen molar-refractivity contribution in [3.63, 3.8) is 0 Å². The van der Waals surface area contributed by atoms with Gasteiger partial charge in [-0.15, -0.1) is 0 Å². The molecule has 96 valence electrons. The van der Waals surface area contributed by atoms with E-state index in [1.807, 2.05) is 6.92 Å². The van der Waals surface area contributed by atoms with Gasteiger partial charge in [-0.05, 0) is 31.0 Å². The van der Waals surface area contributed by atoms with Crippen LogP contribution in [0.15, 0.2) is 36.4 Å². The van der Waals surface area contributed by atoms with Gasteiger partial charge in [0.15, 0.2) is 17.2 Å². The normalized spacial score (nSPS) is 9.60. The molecule has 3 nitrogen and oxygen atoms in total. The minimum atomic E-state index is -0.155. The molecule has 2 aromatic carbocycles. The lowest BCUT2D eigenvalue weighted by Crippen LogP contribution is -2.03. The molecule has 0 radical (unpaired) electrons. The van der Waals surface area contributed by atoms with Gasteiger partial charge in [0.05, 0.1) is 13.1 Å². The van der Waals surface area contributed by atoms with Crippen LogP contribution in [0.4, 0.5) is 11.4 Å². The minimum Gasteiger partial charge on any atom is -0.289 e. The largest absolute Gasteiger partial charge is 0.289 e. The summed E-state index contributed by atoms with van der Waals surface area (Å²) in [6.07, 6.45) is 0. The highest BCUT2D eigenvalue weighted by molar-refractivity contribution is 6.11. The van der Waals surface area contributed by atoms with Crippen LogP contribution in [0.3, 0.4) is 0 Å². The highest BCUT2D eigenvalue weighted by atomic mass is 16.1. The Morgan fingerprint density at radius 2 is 1.70 bits per heavy atom. The first-order valence-corrected chi connectivity index (χ1v) is 6.08. The first kappa shape index (κ1) is 13.5. The molecule has 0 amide bonds. The fraction of sp³-hybridized carbons (Fsp3) is 0.118. The molecule has 0 atom stereocenters. The third-order valence-electron chi connectivity index (χ3n) is 3.26. The second-order valence-electron chi connectivity index (χ2n) is 4.50. The third kappa shape index (κ3) is 2.30. The molecule has 0 N–H and O–H groups in total. The lowest BCUT2D eigenvalue weighted by atomic mass is 9.97. The van der Waals surface area contributed by atoms with E-state index in [-0.39, 0.29) is 5.78 Å². The van der Waals surface area contributed by atoms with E-state index in [0.717, 1.165) is 5.56 Å². The Morgan fingerprint density at radius 3 is 2.35 bits per heavy atom. The van der Waals surface area contributed by atoms with Crippen LogP contribution in [0.5, 0.6) is 0 Å². The molecule has 0 aliphatic rings. The Balaban J connectivity index is 2.53. The van der Waals surface area contributed by atoms with Gasteiger partial charge in [-0.2, -0.15) is 0 Å². The Bertz CT molecular complexity index is 777. The minimum absolute atomic E-state index is 0.155. The number of ketones is 1. The first-order chi connectivity index (χ1) is 9.58. The van der Waals surface area contributed by atoms with Gasteiger partial charge >= 0.3 is 0 Å². The average molecular weight is 260 g/mol. The van der Waals surface area contributed by atoms with Crippen LogP contribution in [0.25, 0.3) is 9.69 Å². The lowest BCUT2D eigenvalue weighted by molar-refractivity contribution is 0.103. The molecule has 0 aromatic heterocycles. The highest BCUT2D eigenvalue weighted by Crippen LogP contribution is 2.26. The Morgan fingerprint density at radius 1 is 1.00 bits per heavy atom. The molecular weight excluding hydrogens is 248 g/mol. The second kappa shape index (κ2) is 5.38. The van der Waals surface area contributed by atoms with Crippen LogP contribution in [0.1, 0.15) is 27.0 Å². The number of aryl methyl sites for hydroxylation is 1. The first-order valence-electron chi connectivity index (χ1n) is 6.08. The van der Waals surface area contributed by atoms with Crippen molar-refractivity contribution in [3.8, 4) is 0 Å². The van der Waals surface area contributed by atoms with Crippen LogP contribution >= 0.6 is 0 Å². The molecule has 0 saturated heterocycles. The molecule has 0 bridgehead atoms. The number of carbonyl (C=O) groups excluding carboxylic acids is 1. The summed E-state index contributed by atoms with van der Waals surface area (Å²) in [5.41, 5.74) is 3.48. The molecule has 20 heavy (non-hydrogen) atoms. The van der Waals surface area contributed by atoms with E-state index in [9.17, 15) is 4.79 Å². The van der Waals surface area contributed by atoms with E-state index in [1.54, 1.807) is 43.3 Å². The summed E-state index contributed by atoms with van der Waals surface area (Å²) in [5, 5.41) is 0. The molecule has 0 aliphatic carbocycles. The van der Waals surface area contributed by atoms with Gasteiger partial charge in [0.2, 0.25) is 0 Å². The van der Waals surface area contributed by atoms with E-state index in [4.69, 9.17) is 13.1 Å². The molecule has 3 heteroatoms. The van der Waals surface area contributed by atoms with Crippen molar-refractivity contribution in [2.75, 3.05) is 0 Å². The number of benzene rings is 2. The smallest absolute Gasteiger partial charge is 0.190 e. The van der Waals surface area contributed by atoms with Crippen molar-refractivity contribution in [2.45, 2.75) is 13.8 Å².